The van der Waals surface area contributed by atoms with Gasteiger partial charge in [0.2, 0.25) is 0 Å². The molecule has 1 amide bonds. The topological polar surface area (TPSA) is 152 Å². The maximum atomic E-state index is 12.8. The lowest BCUT2D eigenvalue weighted by atomic mass is 9.99. The molecular formula is C22H29F3N2O9S. The molecule has 0 spiro atoms. The van der Waals surface area contributed by atoms with E-state index in [4.69, 9.17) is 15.2 Å². The summed E-state index contributed by atoms with van der Waals surface area (Å²) < 4.78 is 80.9. The second-order valence-electron chi connectivity index (χ2n) is 9.13. The number of carbonyl (C=O) groups is 3. The largest absolute Gasteiger partial charge is 0.534 e. The minimum atomic E-state index is -5.93. The Morgan fingerprint density at radius 2 is 1.78 bits per heavy atom. The lowest BCUT2D eigenvalue weighted by molar-refractivity contribution is -0.169. The van der Waals surface area contributed by atoms with Crippen LogP contribution < -0.4 is 9.92 Å². The van der Waals surface area contributed by atoms with Gasteiger partial charge in [-0.25, -0.2) is 4.79 Å². The van der Waals surface area contributed by atoms with Gasteiger partial charge in [0.05, 0.1) is 13.7 Å². The van der Waals surface area contributed by atoms with Crippen molar-refractivity contribution in [3.63, 3.8) is 0 Å². The molecule has 1 aromatic carbocycles. The molecule has 0 saturated heterocycles. The van der Waals surface area contributed by atoms with Crippen LogP contribution >= 0.6 is 0 Å². The third-order valence-electron chi connectivity index (χ3n) is 5.18. The van der Waals surface area contributed by atoms with Gasteiger partial charge in [-0.2, -0.15) is 21.6 Å². The number of hydrogen-bond acceptors (Lipinski definition) is 10. The van der Waals surface area contributed by atoms with Gasteiger partial charge in [0.25, 0.3) is 0 Å². The number of methoxy groups -OCH3 is 1. The molecule has 1 heterocycles. The fourth-order valence-electron chi connectivity index (χ4n) is 3.43. The average Bonchev–Trinajstić information content (AvgIpc) is 2.78. The van der Waals surface area contributed by atoms with Gasteiger partial charge in [-0.1, -0.05) is 12.1 Å². The first kappa shape index (κ1) is 30.2. The van der Waals surface area contributed by atoms with Gasteiger partial charge in [0.1, 0.15) is 17.5 Å². The molecule has 11 nitrogen and oxygen atoms in total. The highest BCUT2D eigenvalue weighted by Gasteiger charge is 2.49. The van der Waals surface area contributed by atoms with Crippen LogP contribution in [0, 0.1) is 5.92 Å². The van der Waals surface area contributed by atoms with E-state index in [9.17, 15) is 36.0 Å². The molecule has 0 aliphatic carbocycles. The number of carbonyl (C=O) groups excluding carboxylic acids is 3. The third kappa shape index (κ3) is 7.95. The number of rotatable bonds is 8. The zero-order valence-corrected chi connectivity index (χ0v) is 21.5. The van der Waals surface area contributed by atoms with Crippen molar-refractivity contribution in [3.05, 3.63) is 29.3 Å². The number of alkyl halides is 3. The number of halogens is 3. The lowest BCUT2D eigenvalue weighted by Gasteiger charge is -2.31. The van der Waals surface area contributed by atoms with Crippen LogP contribution in [0.1, 0.15) is 38.3 Å². The summed E-state index contributed by atoms with van der Waals surface area (Å²) in [6, 6.07) is 3.94. The molecule has 1 aliphatic heterocycles. The standard InChI is InChI=1S/C22H29F3N2O9S/c1-21(2,3)35-19(29)15(18(28)33-4)10-14(11-26)34-20(30)27-9-8-13-6-5-7-17(16(13)12-27)36-37(31,32)22(23,24)25/h5-7,14-15H,8-12,26H2,1-4H3/t14-,15+/m1/s1. The SMILES string of the molecule is COC(=O)[C@H](C[C@H](CN)OC(=O)N1CCc2cccc(OS(=O)(=O)C(F)(F)F)c2C1)C(=O)OC(C)(C)C. The van der Waals surface area contributed by atoms with Gasteiger partial charge < -0.3 is 29.0 Å². The van der Waals surface area contributed by atoms with Crippen LogP contribution in [-0.4, -0.2) is 68.8 Å². The van der Waals surface area contributed by atoms with Crippen LogP contribution in [-0.2, 0) is 46.9 Å². The molecule has 1 aliphatic rings. The second-order valence-corrected chi connectivity index (χ2v) is 10.7. The number of nitrogens with zero attached hydrogens (tertiary/aromatic N) is 1. The van der Waals surface area contributed by atoms with Crippen molar-refractivity contribution in [2.45, 2.75) is 57.4 Å². The van der Waals surface area contributed by atoms with E-state index in [1.807, 2.05) is 0 Å². The minimum Gasteiger partial charge on any atom is -0.468 e. The van der Waals surface area contributed by atoms with Gasteiger partial charge in [-0.3, -0.25) is 9.59 Å². The first-order chi connectivity index (χ1) is 17.0. The van der Waals surface area contributed by atoms with E-state index in [0.29, 0.717) is 5.56 Å². The van der Waals surface area contributed by atoms with E-state index >= 15 is 0 Å². The fourth-order valence-corrected chi connectivity index (χ4v) is 3.91. The number of fused-ring (bicyclic) bond motifs is 1. The summed E-state index contributed by atoms with van der Waals surface area (Å²) in [4.78, 5) is 38.6. The first-order valence-electron chi connectivity index (χ1n) is 11.1. The Morgan fingerprint density at radius 3 is 2.32 bits per heavy atom. The van der Waals surface area contributed by atoms with Gasteiger partial charge in [0.15, 0.2) is 5.92 Å². The molecule has 0 saturated carbocycles. The Kier molecular flexibility index (Phi) is 9.41. The zero-order chi connectivity index (χ0) is 28.2. The second kappa shape index (κ2) is 11.5. The van der Waals surface area contributed by atoms with Crippen LogP contribution in [0.4, 0.5) is 18.0 Å². The maximum absolute atomic E-state index is 12.8. The van der Waals surface area contributed by atoms with Crippen molar-refractivity contribution < 1.29 is 54.4 Å². The highest BCUT2D eigenvalue weighted by atomic mass is 32.2. The van der Waals surface area contributed by atoms with Crippen LogP contribution in [0.2, 0.25) is 0 Å². The van der Waals surface area contributed by atoms with E-state index in [0.717, 1.165) is 18.1 Å². The number of esters is 2. The molecule has 2 rings (SSSR count). The fraction of sp³-hybridized carbons (Fsp3) is 0.591. The summed E-state index contributed by atoms with van der Waals surface area (Å²) in [7, 11) is -4.85. The Hall–Kier alpha value is -3.07. The molecule has 2 atom stereocenters. The van der Waals surface area contributed by atoms with Gasteiger partial charge in [-0.15, -0.1) is 0 Å². The number of ether oxygens (including phenoxy) is 3. The van der Waals surface area contributed by atoms with E-state index in [2.05, 4.69) is 8.92 Å². The number of nitrogens with two attached hydrogens (primary N) is 1. The highest BCUT2D eigenvalue weighted by molar-refractivity contribution is 7.88. The smallest absolute Gasteiger partial charge is 0.468 e. The predicted molar refractivity (Wildman–Crippen MR) is 121 cm³/mol. The van der Waals surface area contributed by atoms with Crippen LogP contribution in [0.3, 0.4) is 0 Å². The van der Waals surface area contributed by atoms with Crippen LogP contribution in [0.15, 0.2) is 18.2 Å². The Morgan fingerprint density at radius 1 is 1.14 bits per heavy atom. The van der Waals surface area contributed by atoms with E-state index in [1.165, 1.54) is 6.07 Å². The lowest BCUT2D eigenvalue weighted by Crippen LogP contribution is -2.42. The molecule has 2 N–H and O–H groups in total. The van der Waals surface area contributed by atoms with Crippen molar-refractivity contribution in [1.82, 2.24) is 4.90 Å². The molecule has 15 heteroatoms. The minimum absolute atomic E-state index is 0.0593. The van der Waals surface area contributed by atoms with Crippen LogP contribution in [0.5, 0.6) is 5.75 Å². The molecule has 0 radical (unpaired) electrons. The van der Waals surface area contributed by atoms with Gasteiger partial charge in [-0.05, 0) is 38.8 Å². The molecule has 0 aromatic heterocycles. The molecule has 208 valence electrons. The zero-order valence-electron chi connectivity index (χ0n) is 20.7. The monoisotopic (exact) mass is 554 g/mol. The number of hydrogen-bond donors (Lipinski definition) is 1. The molecule has 37 heavy (non-hydrogen) atoms. The first-order valence-corrected chi connectivity index (χ1v) is 12.5. The van der Waals surface area contributed by atoms with E-state index < -0.39 is 57.0 Å². The third-order valence-corrected chi connectivity index (χ3v) is 6.14. The number of amides is 1. The van der Waals surface area contributed by atoms with Crippen molar-refractivity contribution >= 4 is 28.1 Å². The van der Waals surface area contributed by atoms with Crippen molar-refractivity contribution in [3.8, 4) is 5.75 Å². The van der Waals surface area contributed by atoms with Crippen LogP contribution in [0.25, 0.3) is 0 Å². The predicted octanol–water partition coefficient (Wildman–Crippen LogP) is 2.26. The summed E-state index contributed by atoms with van der Waals surface area (Å²) in [5.74, 6) is -3.81. The molecular weight excluding hydrogens is 525 g/mol. The maximum Gasteiger partial charge on any atom is 0.534 e. The molecule has 0 unspecified atom stereocenters. The van der Waals surface area contributed by atoms with E-state index in [-0.39, 0.29) is 38.0 Å². The summed E-state index contributed by atoms with van der Waals surface area (Å²) in [5.41, 5.74) is -0.306. The molecule has 0 bridgehead atoms. The average molecular weight is 555 g/mol. The van der Waals surface area contributed by atoms with Crippen molar-refractivity contribution in [2.75, 3.05) is 20.2 Å². The van der Waals surface area contributed by atoms with Crippen molar-refractivity contribution in [2.24, 2.45) is 11.7 Å². The summed E-state index contributed by atoms with van der Waals surface area (Å²) >= 11 is 0. The molecule has 0 fully saturated rings. The van der Waals surface area contributed by atoms with Crippen molar-refractivity contribution in [1.29, 1.82) is 0 Å². The van der Waals surface area contributed by atoms with Gasteiger partial charge in [0, 0.05) is 25.1 Å². The molecule has 1 aromatic rings. The summed E-state index contributed by atoms with van der Waals surface area (Å²) in [6.45, 7) is 4.31. The normalized spacial score (nSPS) is 15.7. The quantitative estimate of drug-likeness (QED) is 0.167. The highest BCUT2D eigenvalue weighted by Crippen LogP contribution is 2.33. The van der Waals surface area contributed by atoms with E-state index in [1.54, 1.807) is 26.8 Å². The Bertz CT molecular complexity index is 1120. The summed E-state index contributed by atoms with van der Waals surface area (Å²) in [5, 5.41) is 0. The Balaban J connectivity index is 2.18. The summed E-state index contributed by atoms with van der Waals surface area (Å²) in [6.07, 6.45) is -2.24. The Labute approximate surface area is 212 Å². The van der Waals surface area contributed by atoms with Gasteiger partial charge >= 0.3 is 33.7 Å². The number of benzene rings is 1.